The lowest BCUT2D eigenvalue weighted by atomic mass is 10.00. The summed E-state index contributed by atoms with van der Waals surface area (Å²) < 4.78 is 0. The summed E-state index contributed by atoms with van der Waals surface area (Å²) in [5.74, 6) is -1.86. The van der Waals surface area contributed by atoms with Gasteiger partial charge < -0.3 is 15.3 Å². The van der Waals surface area contributed by atoms with Crippen LogP contribution in [-0.4, -0.2) is 41.7 Å². The lowest BCUT2D eigenvalue weighted by Crippen LogP contribution is -2.46. The fourth-order valence-electron chi connectivity index (χ4n) is 2.31. The largest absolute Gasteiger partial charge is 0.478 e. The Hall–Kier alpha value is -2.18. The average Bonchev–Trinajstić information content (AvgIpc) is 2.46. The minimum atomic E-state index is -1.18. The van der Waals surface area contributed by atoms with E-state index in [1.807, 2.05) is 31.2 Å². The van der Waals surface area contributed by atoms with Crippen molar-refractivity contribution in [2.24, 2.45) is 0 Å². The van der Waals surface area contributed by atoms with Crippen molar-refractivity contribution in [2.75, 3.05) is 19.6 Å². The maximum atomic E-state index is 11.6. The first-order chi connectivity index (χ1) is 10.1. The number of carboxylic acids is 1. The minimum absolute atomic E-state index is 0.0814. The molecule has 2 N–H and O–H groups in total. The van der Waals surface area contributed by atoms with Gasteiger partial charge in [0.1, 0.15) is 0 Å². The van der Waals surface area contributed by atoms with Gasteiger partial charge in [0.25, 0.3) is 0 Å². The third-order valence-corrected chi connectivity index (χ3v) is 3.31. The molecule has 0 aromatic heterocycles. The van der Waals surface area contributed by atoms with Crippen molar-refractivity contribution in [3.8, 4) is 0 Å². The number of nitrogens with zero attached hydrogens (tertiary/aromatic N) is 1. The highest BCUT2D eigenvalue weighted by Crippen LogP contribution is 2.25. The first-order valence-electron chi connectivity index (χ1n) is 6.74. The Kier molecular flexibility index (Phi) is 5.08. The standard InChI is InChI=1S/C15H18N2O4/c1-11-4-2-3-5-12(11)13-10-16-8-9-17(13)21-15(20)7-6-14(18)19/h2-7,13,16H,8-10H2,1H3,(H,18,19). The molecule has 1 aliphatic rings. The molecule has 1 heterocycles. The van der Waals surface area contributed by atoms with E-state index in [4.69, 9.17) is 9.94 Å². The van der Waals surface area contributed by atoms with Crippen molar-refractivity contribution in [2.45, 2.75) is 13.0 Å². The van der Waals surface area contributed by atoms with E-state index in [1.54, 1.807) is 5.06 Å². The Bertz CT molecular complexity index is 556. The van der Waals surface area contributed by atoms with Crippen molar-refractivity contribution in [1.82, 2.24) is 10.4 Å². The predicted molar refractivity (Wildman–Crippen MR) is 76.4 cm³/mol. The van der Waals surface area contributed by atoms with Crippen LogP contribution in [0.5, 0.6) is 0 Å². The SMILES string of the molecule is Cc1ccccc1C1CNCCN1OC(=O)C=CC(=O)O. The molecular formula is C15H18N2O4. The first kappa shape index (κ1) is 15.2. The Labute approximate surface area is 123 Å². The molecule has 1 aliphatic heterocycles. The number of nitrogens with one attached hydrogen (secondary N) is 1. The maximum Gasteiger partial charge on any atom is 0.349 e. The van der Waals surface area contributed by atoms with E-state index in [0.717, 1.165) is 23.3 Å². The lowest BCUT2D eigenvalue weighted by molar-refractivity contribution is -0.201. The van der Waals surface area contributed by atoms with Crippen LogP contribution in [0.15, 0.2) is 36.4 Å². The Morgan fingerprint density at radius 3 is 2.86 bits per heavy atom. The number of hydrogen-bond acceptors (Lipinski definition) is 5. The van der Waals surface area contributed by atoms with Crippen LogP contribution in [0.25, 0.3) is 0 Å². The van der Waals surface area contributed by atoms with Crippen LogP contribution in [0.2, 0.25) is 0 Å². The lowest BCUT2D eigenvalue weighted by Gasteiger charge is -2.34. The summed E-state index contributed by atoms with van der Waals surface area (Å²) in [5.41, 5.74) is 2.20. The number of benzene rings is 1. The number of carbonyl (C=O) groups excluding carboxylic acids is 1. The maximum absolute atomic E-state index is 11.6. The normalized spacial score (nSPS) is 19.6. The third kappa shape index (κ3) is 4.14. The van der Waals surface area contributed by atoms with Crippen LogP contribution in [0, 0.1) is 6.92 Å². The molecule has 1 atom stereocenters. The van der Waals surface area contributed by atoms with E-state index in [0.29, 0.717) is 19.6 Å². The third-order valence-electron chi connectivity index (χ3n) is 3.31. The zero-order valence-corrected chi connectivity index (χ0v) is 11.8. The molecule has 0 aliphatic carbocycles. The summed E-state index contributed by atoms with van der Waals surface area (Å²) >= 11 is 0. The second kappa shape index (κ2) is 7.01. The highest BCUT2D eigenvalue weighted by molar-refractivity contribution is 5.90. The fraction of sp³-hybridized carbons (Fsp3) is 0.333. The molecule has 1 aromatic carbocycles. The predicted octanol–water partition coefficient (Wildman–Crippen LogP) is 1.04. The molecule has 0 bridgehead atoms. The zero-order chi connectivity index (χ0) is 15.2. The Morgan fingerprint density at radius 2 is 2.14 bits per heavy atom. The zero-order valence-electron chi connectivity index (χ0n) is 11.8. The van der Waals surface area contributed by atoms with Crippen molar-refractivity contribution in [1.29, 1.82) is 0 Å². The van der Waals surface area contributed by atoms with Gasteiger partial charge in [0.05, 0.1) is 6.04 Å². The summed E-state index contributed by atoms with van der Waals surface area (Å²) in [7, 11) is 0. The van der Waals surface area contributed by atoms with Crippen molar-refractivity contribution >= 4 is 11.9 Å². The van der Waals surface area contributed by atoms with E-state index < -0.39 is 11.9 Å². The number of rotatable bonds is 4. The van der Waals surface area contributed by atoms with E-state index in [-0.39, 0.29) is 6.04 Å². The molecule has 6 nitrogen and oxygen atoms in total. The average molecular weight is 290 g/mol. The van der Waals surface area contributed by atoms with Crippen LogP contribution in [0.1, 0.15) is 17.2 Å². The van der Waals surface area contributed by atoms with Crippen LogP contribution in [0.3, 0.4) is 0 Å². The number of aryl methyl sites for hydroxylation is 1. The molecule has 21 heavy (non-hydrogen) atoms. The van der Waals surface area contributed by atoms with Gasteiger partial charge in [0, 0.05) is 31.8 Å². The second-order valence-corrected chi connectivity index (χ2v) is 4.80. The van der Waals surface area contributed by atoms with Gasteiger partial charge in [0.2, 0.25) is 0 Å². The van der Waals surface area contributed by atoms with Gasteiger partial charge in [-0.3, -0.25) is 0 Å². The molecule has 0 saturated carbocycles. The number of aliphatic carboxylic acids is 1. The van der Waals surface area contributed by atoms with E-state index in [9.17, 15) is 9.59 Å². The molecule has 0 spiro atoms. The molecule has 1 unspecified atom stereocenters. The van der Waals surface area contributed by atoms with E-state index >= 15 is 0 Å². The molecule has 0 amide bonds. The molecule has 0 radical (unpaired) electrons. The quantitative estimate of drug-likeness (QED) is 0.807. The molecule has 1 aromatic rings. The van der Waals surface area contributed by atoms with Crippen LogP contribution >= 0.6 is 0 Å². The van der Waals surface area contributed by atoms with Gasteiger partial charge in [-0.2, -0.15) is 0 Å². The van der Waals surface area contributed by atoms with Crippen LogP contribution in [0.4, 0.5) is 0 Å². The molecule has 6 heteroatoms. The van der Waals surface area contributed by atoms with E-state index in [2.05, 4.69) is 5.32 Å². The number of carboxylic acid groups (broad SMARTS) is 1. The summed E-state index contributed by atoms with van der Waals surface area (Å²) in [6, 6.07) is 7.83. The van der Waals surface area contributed by atoms with Gasteiger partial charge in [0.15, 0.2) is 0 Å². The highest BCUT2D eigenvalue weighted by Gasteiger charge is 2.27. The van der Waals surface area contributed by atoms with Gasteiger partial charge in [-0.15, -0.1) is 5.06 Å². The summed E-state index contributed by atoms with van der Waals surface area (Å²) in [4.78, 5) is 27.3. The molecule has 1 saturated heterocycles. The fourth-order valence-corrected chi connectivity index (χ4v) is 2.31. The van der Waals surface area contributed by atoms with Crippen LogP contribution in [-0.2, 0) is 14.4 Å². The molecule has 112 valence electrons. The van der Waals surface area contributed by atoms with E-state index in [1.165, 1.54) is 0 Å². The number of hydrogen-bond donors (Lipinski definition) is 2. The van der Waals surface area contributed by atoms with Gasteiger partial charge in [-0.1, -0.05) is 24.3 Å². The van der Waals surface area contributed by atoms with Crippen molar-refractivity contribution in [3.63, 3.8) is 0 Å². The molecule has 1 fully saturated rings. The number of carbonyl (C=O) groups is 2. The monoisotopic (exact) mass is 290 g/mol. The molecular weight excluding hydrogens is 272 g/mol. The van der Waals surface area contributed by atoms with Crippen molar-refractivity contribution in [3.05, 3.63) is 47.5 Å². The summed E-state index contributed by atoms with van der Waals surface area (Å²) in [5, 5.41) is 13.4. The first-order valence-corrected chi connectivity index (χ1v) is 6.74. The molecule has 2 rings (SSSR count). The second-order valence-electron chi connectivity index (χ2n) is 4.80. The topological polar surface area (TPSA) is 78.9 Å². The summed E-state index contributed by atoms with van der Waals surface area (Å²) in [6.45, 7) is 3.93. The van der Waals surface area contributed by atoms with Gasteiger partial charge >= 0.3 is 11.9 Å². The number of piperazine rings is 1. The smallest absolute Gasteiger partial charge is 0.349 e. The van der Waals surface area contributed by atoms with Crippen LogP contribution < -0.4 is 5.32 Å². The van der Waals surface area contributed by atoms with Gasteiger partial charge in [-0.05, 0) is 18.1 Å². The summed E-state index contributed by atoms with van der Waals surface area (Å²) in [6.07, 6.45) is 1.69. The number of hydroxylamine groups is 2. The highest BCUT2D eigenvalue weighted by atomic mass is 16.7. The van der Waals surface area contributed by atoms with Crippen molar-refractivity contribution < 1.29 is 19.5 Å². The van der Waals surface area contributed by atoms with Gasteiger partial charge in [-0.25, -0.2) is 9.59 Å². The minimum Gasteiger partial charge on any atom is -0.478 e. The Morgan fingerprint density at radius 1 is 1.38 bits per heavy atom. The Balaban J connectivity index is 2.11.